The SMILES string of the molecule is Cc1cc([C@@H](C)N)c2oc(-c3cnn(C)c3)c(C)c(=O)c2c1. The lowest BCUT2D eigenvalue weighted by molar-refractivity contribution is 0.603. The molecule has 0 aliphatic heterocycles. The zero-order valence-corrected chi connectivity index (χ0v) is 13.2. The van der Waals surface area contributed by atoms with E-state index in [2.05, 4.69) is 5.10 Å². The molecule has 0 bridgehead atoms. The highest BCUT2D eigenvalue weighted by atomic mass is 16.3. The summed E-state index contributed by atoms with van der Waals surface area (Å²) < 4.78 is 7.77. The summed E-state index contributed by atoms with van der Waals surface area (Å²) in [5.74, 6) is 0.552. The van der Waals surface area contributed by atoms with Crippen molar-refractivity contribution in [3.05, 3.63) is 51.4 Å². The molecule has 5 nitrogen and oxygen atoms in total. The Kier molecular flexibility index (Phi) is 3.37. The van der Waals surface area contributed by atoms with Gasteiger partial charge in [-0.25, -0.2) is 0 Å². The second-order valence-electron chi connectivity index (χ2n) is 5.81. The zero-order valence-electron chi connectivity index (χ0n) is 13.2. The van der Waals surface area contributed by atoms with Crippen LogP contribution in [0.15, 0.2) is 33.7 Å². The van der Waals surface area contributed by atoms with Crippen molar-refractivity contribution in [2.45, 2.75) is 26.8 Å². The van der Waals surface area contributed by atoms with Crippen LogP contribution in [-0.2, 0) is 7.05 Å². The molecule has 0 radical (unpaired) electrons. The maximum Gasteiger partial charge on any atom is 0.196 e. The first-order valence-corrected chi connectivity index (χ1v) is 7.21. The van der Waals surface area contributed by atoms with Crippen LogP contribution in [-0.4, -0.2) is 9.78 Å². The molecule has 0 aliphatic rings. The zero-order chi connectivity index (χ0) is 16.0. The monoisotopic (exact) mass is 297 g/mol. The van der Waals surface area contributed by atoms with Crippen molar-refractivity contribution in [1.82, 2.24) is 9.78 Å². The molecule has 0 saturated heterocycles. The first-order valence-electron chi connectivity index (χ1n) is 7.21. The number of benzene rings is 1. The number of nitrogens with two attached hydrogens (primary N) is 1. The Bertz CT molecular complexity index is 920. The van der Waals surface area contributed by atoms with Gasteiger partial charge < -0.3 is 10.2 Å². The molecule has 3 aromatic rings. The van der Waals surface area contributed by atoms with E-state index in [1.165, 1.54) is 0 Å². The fourth-order valence-electron chi connectivity index (χ4n) is 2.72. The Morgan fingerprint density at radius 1 is 1.32 bits per heavy atom. The van der Waals surface area contributed by atoms with E-state index in [4.69, 9.17) is 10.2 Å². The van der Waals surface area contributed by atoms with Gasteiger partial charge in [0.2, 0.25) is 0 Å². The first-order chi connectivity index (χ1) is 10.4. The van der Waals surface area contributed by atoms with E-state index >= 15 is 0 Å². The molecule has 0 aliphatic carbocycles. The molecule has 1 atom stereocenters. The third-order valence-corrected chi connectivity index (χ3v) is 3.85. The Morgan fingerprint density at radius 3 is 2.64 bits per heavy atom. The average Bonchev–Trinajstić information content (AvgIpc) is 2.88. The standard InChI is InChI=1S/C17H19N3O2/c1-9-5-13(11(3)18)17-14(6-9)15(21)10(2)16(22-17)12-7-19-20(4)8-12/h5-8,11H,18H2,1-4H3/t11-/m1/s1. The van der Waals surface area contributed by atoms with E-state index in [9.17, 15) is 4.79 Å². The number of hydrogen-bond acceptors (Lipinski definition) is 4. The average molecular weight is 297 g/mol. The van der Waals surface area contributed by atoms with Crippen molar-refractivity contribution in [1.29, 1.82) is 0 Å². The van der Waals surface area contributed by atoms with Crippen molar-refractivity contribution in [2.24, 2.45) is 12.8 Å². The highest BCUT2D eigenvalue weighted by Crippen LogP contribution is 2.29. The van der Waals surface area contributed by atoms with Crippen LogP contribution in [0.3, 0.4) is 0 Å². The summed E-state index contributed by atoms with van der Waals surface area (Å²) in [5.41, 5.74) is 9.81. The first kappa shape index (κ1) is 14.5. The number of nitrogens with zero attached hydrogens (tertiary/aromatic N) is 2. The van der Waals surface area contributed by atoms with Crippen molar-refractivity contribution >= 4 is 11.0 Å². The van der Waals surface area contributed by atoms with Gasteiger partial charge in [0, 0.05) is 30.4 Å². The van der Waals surface area contributed by atoms with Gasteiger partial charge >= 0.3 is 0 Å². The molecule has 1 aromatic carbocycles. The summed E-state index contributed by atoms with van der Waals surface area (Å²) in [6.45, 7) is 5.62. The van der Waals surface area contributed by atoms with Crippen molar-refractivity contribution < 1.29 is 4.42 Å². The van der Waals surface area contributed by atoms with Gasteiger partial charge in [0.05, 0.1) is 17.1 Å². The molecule has 22 heavy (non-hydrogen) atoms. The van der Waals surface area contributed by atoms with Gasteiger partial charge in [0.1, 0.15) is 11.3 Å². The summed E-state index contributed by atoms with van der Waals surface area (Å²) in [6.07, 6.45) is 3.52. The predicted octanol–water partition coefficient (Wildman–Crippen LogP) is 2.83. The summed E-state index contributed by atoms with van der Waals surface area (Å²) >= 11 is 0. The lowest BCUT2D eigenvalue weighted by Crippen LogP contribution is -2.12. The van der Waals surface area contributed by atoms with Gasteiger partial charge in [-0.1, -0.05) is 6.07 Å². The topological polar surface area (TPSA) is 74.0 Å². The van der Waals surface area contributed by atoms with Gasteiger partial charge in [0.15, 0.2) is 5.43 Å². The Balaban J connectivity index is 2.42. The Labute approximate surface area is 128 Å². The highest BCUT2D eigenvalue weighted by Gasteiger charge is 2.17. The molecule has 2 N–H and O–H groups in total. The molecular formula is C17H19N3O2. The summed E-state index contributed by atoms with van der Waals surface area (Å²) in [4.78, 5) is 12.7. The van der Waals surface area contributed by atoms with Crippen LogP contribution in [0.4, 0.5) is 0 Å². The predicted molar refractivity (Wildman–Crippen MR) is 86.8 cm³/mol. The molecular weight excluding hydrogens is 278 g/mol. The largest absolute Gasteiger partial charge is 0.455 e. The van der Waals surface area contributed by atoms with Gasteiger partial charge in [-0.3, -0.25) is 9.48 Å². The van der Waals surface area contributed by atoms with Crippen molar-refractivity contribution in [3.8, 4) is 11.3 Å². The minimum absolute atomic E-state index is 0.0225. The molecule has 0 amide bonds. The Hall–Kier alpha value is -2.40. The minimum Gasteiger partial charge on any atom is -0.455 e. The van der Waals surface area contributed by atoms with Gasteiger partial charge in [0.25, 0.3) is 0 Å². The summed E-state index contributed by atoms with van der Waals surface area (Å²) in [6, 6.07) is 3.61. The van der Waals surface area contributed by atoms with E-state index in [-0.39, 0.29) is 11.5 Å². The number of aryl methyl sites for hydroxylation is 2. The maximum atomic E-state index is 12.7. The fraction of sp³-hybridized carbons (Fsp3) is 0.294. The number of aromatic nitrogens is 2. The van der Waals surface area contributed by atoms with Gasteiger partial charge in [-0.15, -0.1) is 0 Å². The van der Waals surface area contributed by atoms with E-state index in [1.54, 1.807) is 17.8 Å². The van der Waals surface area contributed by atoms with Gasteiger partial charge in [-0.05, 0) is 32.4 Å². The van der Waals surface area contributed by atoms with Crippen LogP contribution in [0.2, 0.25) is 0 Å². The number of fused-ring (bicyclic) bond motifs is 1. The van der Waals surface area contributed by atoms with Crippen LogP contribution < -0.4 is 11.2 Å². The van der Waals surface area contributed by atoms with Crippen LogP contribution in [0.25, 0.3) is 22.3 Å². The van der Waals surface area contributed by atoms with E-state index in [1.807, 2.05) is 39.2 Å². The van der Waals surface area contributed by atoms with Crippen LogP contribution in [0, 0.1) is 13.8 Å². The lowest BCUT2D eigenvalue weighted by atomic mass is 10.00. The summed E-state index contributed by atoms with van der Waals surface area (Å²) in [7, 11) is 1.83. The van der Waals surface area contributed by atoms with Crippen molar-refractivity contribution in [3.63, 3.8) is 0 Å². The highest BCUT2D eigenvalue weighted by molar-refractivity contribution is 5.84. The number of rotatable bonds is 2. The molecule has 2 aromatic heterocycles. The van der Waals surface area contributed by atoms with Crippen LogP contribution >= 0.6 is 0 Å². The molecule has 0 unspecified atom stereocenters. The van der Waals surface area contributed by atoms with Crippen LogP contribution in [0.5, 0.6) is 0 Å². The molecule has 0 saturated carbocycles. The van der Waals surface area contributed by atoms with Crippen molar-refractivity contribution in [2.75, 3.05) is 0 Å². The fourth-order valence-corrected chi connectivity index (χ4v) is 2.72. The third kappa shape index (κ3) is 2.23. The molecule has 0 spiro atoms. The smallest absolute Gasteiger partial charge is 0.196 e. The molecule has 3 rings (SSSR count). The molecule has 5 heteroatoms. The number of hydrogen-bond donors (Lipinski definition) is 1. The van der Waals surface area contributed by atoms with E-state index in [0.717, 1.165) is 16.7 Å². The van der Waals surface area contributed by atoms with Crippen LogP contribution in [0.1, 0.15) is 29.7 Å². The normalized spacial score (nSPS) is 12.8. The Morgan fingerprint density at radius 2 is 2.05 bits per heavy atom. The quantitative estimate of drug-likeness (QED) is 0.789. The summed E-state index contributed by atoms with van der Waals surface area (Å²) in [5, 5.41) is 4.73. The second-order valence-corrected chi connectivity index (χ2v) is 5.81. The molecule has 114 valence electrons. The lowest BCUT2D eigenvalue weighted by Gasteiger charge is -2.12. The third-order valence-electron chi connectivity index (χ3n) is 3.85. The van der Waals surface area contributed by atoms with Gasteiger partial charge in [-0.2, -0.15) is 5.10 Å². The maximum absolute atomic E-state index is 12.7. The second kappa shape index (κ2) is 5.10. The van der Waals surface area contributed by atoms with E-state index in [0.29, 0.717) is 22.3 Å². The minimum atomic E-state index is -0.213. The van der Waals surface area contributed by atoms with E-state index < -0.39 is 0 Å². The molecule has 2 heterocycles. The molecule has 0 fully saturated rings.